The number of pyridine rings is 1. The molecule has 2 aromatic carbocycles. The van der Waals surface area contributed by atoms with Crippen molar-refractivity contribution in [1.29, 1.82) is 0 Å². The summed E-state index contributed by atoms with van der Waals surface area (Å²) >= 11 is 0. The van der Waals surface area contributed by atoms with E-state index in [0.717, 1.165) is 21.0 Å². The van der Waals surface area contributed by atoms with E-state index in [1.165, 1.54) is 32.4 Å². The van der Waals surface area contributed by atoms with Crippen LogP contribution in [0.5, 0.6) is 11.6 Å². The summed E-state index contributed by atoms with van der Waals surface area (Å²) in [6.07, 6.45) is 0.786. The van der Waals surface area contributed by atoms with Crippen LogP contribution in [-0.2, 0) is 23.9 Å². The Balaban J connectivity index is 1.23. The monoisotopic (exact) mass is 660 g/mol. The lowest BCUT2D eigenvalue weighted by Gasteiger charge is -2.40. The van der Waals surface area contributed by atoms with Gasteiger partial charge >= 0.3 is 6.18 Å². The molecule has 15 heteroatoms. The van der Waals surface area contributed by atoms with Crippen LogP contribution < -0.4 is 9.47 Å². The third-order valence-corrected chi connectivity index (χ3v) is 8.57. The highest BCUT2D eigenvalue weighted by molar-refractivity contribution is 5.85. The average molecular weight is 661 g/mol. The van der Waals surface area contributed by atoms with E-state index in [0.29, 0.717) is 54.8 Å². The number of H-pyrrole nitrogens is 1. The third kappa shape index (κ3) is 6.03. The molecule has 248 valence electrons. The molecule has 1 N–H and O–H groups in total. The number of ether oxygens (including phenoxy) is 2. The Bertz CT molecular complexity index is 2070. The molecule has 1 aliphatic heterocycles. The Morgan fingerprint density at radius 3 is 2.67 bits per heavy atom. The number of methoxy groups -OCH3 is 2. The first-order valence-electron chi connectivity index (χ1n) is 15.2. The number of halogens is 3. The molecular formula is C33H31F3N8O4. The normalized spacial score (nSPS) is 15.8. The van der Waals surface area contributed by atoms with Gasteiger partial charge in [0.05, 0.1) is 54.4 Å². The van der Waals surface area contributed by atoms with Crippen LogP contribution in [0.2, 0.25) is 0 Å². The molecule has 1 fully saturated rings. The third-order valence-electron chi connectivity index (χ3n) is 8.57. The van der Waals surface area contributed by atoms with E-state index in [9.17, 15) is 18.0 Å². The number of alkyl halides is 3. The van der Waals surface area contributed by atoms with Crippen LogP contribution >= 0.6 is 0 Å². The molecule has 1 unspecified atom stereocenters. The Labute approximate surface area is 272 Å². The number of para-hydroxylation sites is 1. The maximum absolute atomic E-state index is 14.2. The molecule has 1 amide bonds. The van der Waals surface area contributed by atoms with Gasteiger partial charge in [0.1, 0.15) is 30.4 Å². The molecule has 5 heterocycles. The molecule has 7 rings (SSSR count). The van der Waals surface area contributed by atoms with Gasteiger partial charge in [0.2, 0.25) is 17.6 Å². The molecule has 6 aromatic rings. The van der Waals surface area contributed by atoms with Crippen molar-refractivity contribution in [2.45, 2.75) is 25.2 Å². The summed E-state index contributed by atoms with van der Waals surface area (Å²) in [5, 5.41) is 4.67. The quantitative estimate of drug-likeness (QED) is 0.225. The fourth-order valence-corrected chi connectivity index (χ4v) is 6.13. The van der Waals surface area contributed by atoms with Crippen molar-refractivity contribution >= 4 is 27.8 Å². The number of fused-ring (bicyclic) bond motifs is 2. The van der Waals surface area contributed by atoms with Crippen LogP contribution in [0, 0.1) is 0 Å². The number of amides is 1. The van der Waals surface area contributed by atoms with Crippen molar-refractivity contribution in [3.63, 3.8) is 0 Å². The summed E-state index contributed by atoms with van der Waals surface area (Å²) in [6, 6.07) is 13.4. The molecule has 1 saturated heterocycles. The number of imidazole rings is 2. The fourth-order valence-electron chi connectivity index (χ4n) is 6.13. The van der Waals surface area contributed by atoms with Crippen LogP contribution in [0.4, 0.5) is 13.2 Å². The van der Waals surface area contributed by atoms with Gasteiger partial charge in [0, 0.05) is 43.2 Å². The highest BCUT2D eigenvalue weighted by Gasteiger charge is 2.40. The maximum Gasteiger partial charge on any atom is 0.449 e. The van der Waals surface area contributed by atoms with Crippen molar-refractivity contribution in [3.8, 4) is 22.9 Å². The molecule has 1 aliphatic rings. The van der Waals surface area contributed by atoms with Crippen LogP contribution in [0.15, 0.2) is 71.7 Å². The Morgan fingerprint density at radius 2 is 1.90 bits per heavy atom. The van der Waals surface area contributed by atoms with E-state index in [1.54, 1.807) is 23.6 Å². The van der Waals surface area contributed by atoms with Crippen molar-refractivity contribution in [2.75, 3.05) is 40.4 Å². The molecular weight excluding hydrogens is 629 g/mol. The van der Waals surface area contributed by atoms with Crippen LogP contribution in [-0.4, -0.2) is 85.8 Å². The minimum absolute atomic E-state index is 0.111. The molecule has 0 aliphatic carbocycles. The number of hydrogen-bond acceptors (Lipinski definition) is 9. The predicted molar refractivity (Wildman–Crippen MR) is 168 cm³/mol. The summed E-state index contributed by atoms with van der Waals surface area (Å²) < 4.78 is 59.3. The van der Waals surface area contributed by atoms with Gasteiger partial charge in [-0.2, -0.15) is 13.2 Å². The topological polar surface area (TPSA) is 127 Å². The van der Waals surface area contributed by atoms with Crippen LogP contribution in [0.3, 0.4) is 0 Å². The first kappa shape index (κ1) is 31.2. The van der Waals surface area contributed by atoms with E-state index < -0.39 is 30.5 Å². The molecule has 48 heavy (non-hydrogen) atoms. The number of benzene rings is 2. The Kier molecular flexibility index (Phi) is 8.21. The summed E-state index contributed by atoms with van der Waals surface area (Å²) in [7, 11) is 2.96. The number of aromatic amines is 1. The molecule has 0 radical (unpaired) electrons. The van der Waals surface area contributed by atoms with Gasteiger partial charge in [-0.25, -0.2) is 15.0 Å². The zero-order valence-electron chi connectivity index (χ0n) is 26.1. The van der Waals surface area contributed by atoms with Crippen LogP contribution in [0.25, 0.3) is 33.2 Å². The van der Waals surface area contributed by atoms with Gasteiger partial charge in [-0.05, 0) is 30.7 Å². The zero-order chi connectivity index (χ0) is 33.4. The van der Waals surface area contributed by atoms with E-state index in [4.69, 9.17) is 14.0 Å². The number of nitrogens with zero attached hydrogens (tertiary/aromatic N) is 7. The second-order valence-corrected chi connectivity index (χ2v) is 11.5. The van der Waals surface area contributed by atoms with E-state index in [-0.39, 0.29) is 17.6 Å². The number of hydrogen-bond donors (Lipinski definition) is 1. The minimum atomic E-state index is -4.78. The van der Waals surface area contributed by atoms with Gasteiger partial charge in [0.25, 0.3) is 0 Å². The smallest absolute Gasteiger partial charge is 0.449 e. The Morgan fingerprint density at radius 1 is 1.04 bits per heavy atom. The second-order valence-electron chi connectivity index (χ2n) is 11.5. The lowest BCUT2D eigenvalue weighted by Crippen LogP contribution is -2.52. The number of piperazine rings is 1. The summed E-state index contributed by atoms with van der Waals surface area (Å²) in [4.78, 5) is 34.3. The SMILES string of the molecule is COc1ccc2nc(C(F)(F)F)n(CC(=O)N3CCN(CCc4cnoc4)CC3c3ncc(-c4cc5ccccc5nc4OC)[nH]3)c2c1. The lowest BCUT2D eigenvalue weighted by atomic mass is 10.1. The van der Waals surface area contributed by atoms with Crippen LogP contribution in [0.1, 0.15) is 23.3 Å². The molecule has 12 nitrogen and oxygen atoms in total. The predicted octanol–water partition coefficient (Wildman–Crippen LogP) is 5.13. The minimum Gasteiger partial charge on any atom is -0.497 e. The number of rotatable bonds is 9. The molecule has 0 saturated carbocycles. The first-order valence-corrected chi connectivity index (χ1v) is 15.2. The van der Waals surface area contributed by atoms with Gasteiger partial charge < -0.3 is 28.4 Å². The summed E-state index contributed by atoms with van der Waals surface area (Å²) in [5.74, 6) is -0.423. The van der Waals surface area contributed by atoms with Gasteiger partial charge in [0.15, 0.2) is 0 Å². The number of aromatic nitrogens is 6. The van der Waals surface area contributed by atoms with Crippen molar-refractivity contribution in [1.82, 2.24) is 39.5 Å². The Hall–Kier alpha value is -5.44. The van der Waals surface area contributed by atoms with Gasteiger partial charge in [-0.15, -0.1) is 0 Å². The van der Waals surface area contributed by atoms with Gasteiger partial charge in [-0.1, -0.05) is 23.4 Å². The van der Waals surface area contributed by atoms with Crippen molar-refractivity contribution < 1.29 is 32.0 Å². The molecule has 1 atom stereocenters. The molecule has 0 bridgehead atoms. The largest absolute Gasteiger partial charge is 0.497 e. The number of nitrogens with one attached hydrogen (secondary N) is 1. The lowest BCUT2D eigenvalue weighted by molar-refractivity contribution is -0.148. The maximum atomic E-state index is 14.2. The second kappa shape index (κ2) is 12.6. The summed E-state index contributed by atoms with van der Waals surface area (Å²) in [5.41, 5.74) is 3.27. The first-order chi connectivity index (χ1) is 23.2. The van der Waals surface area contributed by atoms with E-state index in [2.05, 4.69) is 30.0 Å². The van der Waals surface area contributed by atoms with Crippen molar-refractivity contribution in [3.05, 3.63) is 84.4 Å². The average Bonchev–Trinajstić information content (AvgIpc) is 3.87. The number of carbonyl (C=O) groups excluding carboxylic acids is 1. The number of carbonyl (C=O) groups is 1. The van der Waals surface area contributed by atoms with E-state index >= 15 is 0 Å². The molecule has 0 spiro atoms. The standard InChI is InChI=1S/C33H31F3N8O4/c1-46-22-7-8-25-27(14-22)44(32(41-25)33(34,35)36)18-29(45)43-12-11-42(10-9-20-15-38-48-19-20)17-28(43)30-37-16-26(39-30)23-13-21-5-3-4-6-24(21)40-31(23)47-2/h3-8,13-16,19,28H,9-12,17-18H2,1-2H3,(H,37,39). The highest BCUT2D eigenvalue weighted by Crippen LogP contribution is 2.35. The molecule has 4 aromatic heterocycles. The zero-order valence-corrected chi connectivity index (χ0v) is 26.1. The fraction of sp³-hybridized carbons (Fsp3) is 0.303. The van der Waals surface area contributed by atoms with Gasteiger partial charge in [-0.3, -0.25) is 9.69 Å². The summed E-state index contributed by atoms with van der Waals surface area (Å²) in [6.45, 7) is 1.24. The highest BCUT2D eigenvalue weighted by atomic mass is 19.4. The van der Waals surface area contributed by atoms with E-state index in [1.807, 2.05) is 30.3 Å². The van der Waals surface area contributed by atoms with Crippen molar-refractivity contribution in [2.24, 2.45) is 0 Å².